The van der Waals surface area contributed by atoms with E-state index in [1.54, 1.807) is 4.90 Å². The zero-order valence-corrected chi connectivity index (χ0v) is 11.2. The first kappa shape index (κ1) is 15.5. The summed E-state index contributed by atoms with van der Waals surface area (Å²) in [6, 6.07) is -0.199. The van der Waals surface area contributed by atoms with Gasteiger partial charge in [-0.3, -0.25) is 9.69 Å². The van der Waals surface area contributed by atoms with Crippen LogP contribution in [0.4, 0.5) is 4.79 Å². The van der Waals surface area contributed by atoms with E-state index >= 15 is 0 Å². The second-order valence-corrected chi connectivity index (χ2v) is 4.47. The number of urea groups is 1. The van der Waals surface area contributed by atoms with E-state index in [-0.39, 0.29) is 25.3 Å². The maximum Gasteiger partial charge on any atom is 0.322 e. The van der Waals surface area contributed by atoms with Gasteiger partial charge in [0.05, 0.1) is 6.61 Å². The van der Waals surface area contributed by atoms with Crippen molar-refractivity contribution in [2.75, 3.05) is 46.1 Å². The number of hydrogen-bond acceptors (Lipinski definition) is 4. The Bertz CT molecular complexity index is 346. The van der Waals surface area contributed by atoms with Gasteiger partial charge in [-0.1, -0.05) is 12.2 Å². The van der Waals surface area contributed by atoms with Crippen LogP contribution in [0.25, 0.3) is 0 Å². The van der Waals surface area contributed by atoms with Gasteiger partial charge in [-0.25, -0.2) is 4.79 Å². The first-order valence-corrected chi connectivity index (χ1v) is 6.18. The van der Waals surface area contributed by atoms with Crippen molar-refractivity contribution in [3.63, 3.8) is 0 Å². The smallest absolute Gasteiger partial charge is 0.322 e. The molecule has 7 heteroatoms. The van der Waals surface area contributed by atoms with Crippen LogP contribution >= 0.6 is 0 Å². The third-order valence-electron chi connectivity index (χ3n) is 2.64. The molecule has 0 aromatic carbocycles. The Hall–Kier alpha value is -1.60. The van der Waals surface area contributed by atoms with Crippen LogP contribution in [0.1, 0.15) is 6.92 Å². The Morgan fingerprint density at radius 3 is 2.68 bits per heavy atom. The summed E-state index contributed by atoms with van der Waals surface area (Å²) in [5.41, 5.74) is 0.861. The first-order valence-electron chi connectivity index (χ1n) is 6.18. The quantitative estimate of drug-likeness (QED) is 0.577. The van der Waals surface area contributed by atoms with Gasteiger partial charge in [0.15, 0.2) is 0 Å². The predicted molar refractivity (Wildman–Crippen MR) is 69.4 cm³/mol. The molecule has 1 rings (SSSR count). The molecule has 0 spiro atoms. The summed E-state index contributed by atoms with van der Waals surface area (Å²) in [7, 11) is 0. The lowest BCUT2D eigenvalue weighted by atomic mass is 10.4. The highest BCUT2D eigenvalue weighted by Gasteiger charge is 2.26. The number of amides is 3. The summed E-state index contributed by atoms with van der Waals surface area (Å²) in [6.07, 6.45) is 0. The molecular weight excluding hydrogens is 250 g/mol. The summed E-state index contributed by atoms with van der Waals surface area (Å²) in [6.45, 7) is 7.47. The number of nitrogens with one attached hydrogen (secondary N) is 1. The van der Waals surface area contributed by atoms with Crippen LogP contribution in [0.2, 0.25) is 0 Å². The van der Waals surface area contributed by atoms with E-state index in [4.69, 9.17) is 9.84 Å². The van der Waals surface area contributed by atoms with Crippen molar-refractivity contribution in [2.24, 2.45) is 0 Å². The van der Waals surface area contributed by atoms with E-state index in [2.05, 4.69) is 11.9 Å². The van der Waals surface area contributed by atoms with E-state index in [0.717, 1.165) is 5.57 Å². The predicted octanol–water partition coefficient (Wildman–Crippen LogP) is -0.617. The number of aliphatic hydroxyl groups is 1. The average Bonchev–Trinajstić information content (AvgIpc) is 2.70. The number of carbonyl (C=O) groups excluding carboxylic acids is 2. The Morgan fingerprint density at radius 1 is 1.42 bits per heavy atom. The fourth-order valence-electron chi connectivity index (χ4n) is 1.67. The fourth-order valence-corrected chi connectivity index (χ4v) is 1.67. The number of aliphatic hydroxyl groups excluding tert-OH is 1. The minimum absolute atomic E-state index is 0.0103. The molecule has 108 valence electrons. The number of hydrogen-bond donors (Lipinski definition) is 2. The van der Waals surface area contributed by atoms with E-state index in [1.165, 1.54) is 4.90 Å². The minimum atomic E-state index is -0.267. The molecule has 7 nitrogen and oxygen atoms in total. The highest BCUT2D eigenvalue weighted by molar-refractivity contribution is 5.78. The van der Waals surface area contributed by atoms with Gasteiger partial charge in [-0.2, -0.15) is 0 Å². The molecule has 0 aliphatic carbocycles. The monoisotopic (exact) mass is 271 g/mol. The number of ether oxygens (including phenoxy) is 1. The van der Waals surface area contributed by atoms with Crippen LogP contribution in [-0.2, 0) is 9.53 Å². The Kier molecular flexibility index (Phi) is 6.31. The number of carbonyl (C=O) groups is 2. The van der Waals surface area contributed by atoms with Gasteiger partial charge in [0.1, 0.15) is 13.3 Å². The summed E-state index contributed by atoms with van der Waals surface area (Å²) in [5.74, 6) is -0.216. The highest BCUT2D eigenvalue weighted by Crippen LogP contribution is 2.06. The minimum Gasteiger partial charge on any atom is -0.376 e. The third kappa shape index (κ3) is 5.27. The zero-order valence-electron chi connectivity index (χ0n) is 11.2. The molecule has 19 heavy (non-hydrogen) atoms. The Labute approximate surface area is 112 Å². The normalized spacial score (nSPS) is 14.9. The molecule has 0 bridgehead atoms. The van der Waals surface area contributed by atoms with E-state index in [0.29, 0.717) is 32.8 Å². The molecule has 0 saturated carbocycles. The van der Waals surface area contributed by atoms with Crippen molar-refractivity contribution in [3.05, 3.63) is 12.2 Å². The molecule has 0 atom stereocenters. The van der Waals surface area contributed by atoms with Crippen LogP contribution in [0, 0.1) is 0 Å². The summed E-state index contributed by atoms with van der Waals surface area (Å²) < 4.78 is 5.10. The average molecular weight is 271 g/mol. The van der Waals surface area contributed by atoms with Crippen molar-refractivity contribution >= 4 is 11.9 Å². The van der Waals surface area contributed by atoms with E-state index < -0.39 is 0 Å². The van der Waals surface area contributed by atoms with Crippen molar-refractivity contribution in [1.29, 1.82) is 0 Å². The van der Waals surface area contributed by atoms with Crippen molar-refractivity contribution in [1.82, 2.24) is 15.1 Å². The maximum absolute atomic E-state index is 11.6. The lowest BCUT2D eigenvalue weighted by Crippen LogP contribution is -2.39. The second-order valence-electron chi connectivity index (χ2n) is 4.47. The summed E-state index contributed by atoms with van der Waals surface area (Å²) in [5, 5.41) is 11.6. The fraction of sp³-hybridized carbons (Fsp3) is 0.667. The van der Waals surface area contributed by atoms with Crippen LogP contribution in [0.15, 0.2) is 12.2 Å². The molecular formula is C12H21N3O4. The molecule has 0 aromatic rings. The van der Waals surface area contributed by atoms with Crippen LogP contribution in [0.3, 0.4) is 0 Å². The molecule has 1 fully saturated rings. The van der Waals surface area contributed by atoms with Crippen LogP contribution in [-0.4, -0.2) is 73.0 Å². The zero-order chi connectivity index (χ0) is 14.3. The van der Waals surface area contributed by atoms with Crippen LogP contribution in [0.5, 0.6) is 0 Å². The largest absolute Gasteiger partial charge is 0.376 e. The highest BCUT2D eigenvalue weighted by atomic mass is 16.5. The molecule has 1 saturated heterocycles. The number of rotatable bonds is 8. The molecule has 2 N–H and O–H groups in total. The molecule has 0 radical (unpaired) electrons. The van der Waals surface area contributed by atoms with Crippen molar-refractivity contribution in [2.45, 2.75) is 6.92 Å². The summed E-state index contributed by atoms with van der Waals surface area (Å²) in [4.78, 5) is 25.9. The Morgan fingerprint density at radius 2 is 2.11 bits per heavy atom. The maximum atomic E-state index is 11.6. The van der Waals surface area contributed by atoms with E-state index in [1.807, 2.05) is 6.92 Å². The number of nitrogens with zero attached hydrogens (tertiary/aromatic N) is 2. The van der Waals surface area contributed by atoms with Gasteiger partial charge >= 0.3 is 6.03 Å². The van der Waals surface area contributed by atoms with Gasteiger partial charge in [0.2, 0.25) is 5.91 Å². The van der Waals surface area contributed by atoms with Crippen LogP contribution < -0.4 is 5.32 Å². The van der Waals surface area contributed by atoms with Gasteiger partial charge in [0, 0.05) is 26.2 Å². The SMILES string of the molecule is C=C(C)COCC(=O)NCCN1CCN(CO)C1=O. The lowest BCUT2D eigenvalue weighted by molar-refractivity contribution is -0.125. The lowest BCUT2D eigenvalue weighted by Gasteiger charge is -2.17. The van der Waals surface area contributed by atoms with Gasteiger partial charge in [-0.15, -0.1) is 0 Å². The molecule has 1 aliphatic rings. The third-order valence-corrected chi connectivity index (χ3v) is 2.64. The van der Waals surface area contributed by atoms with Gasteiger partial charge in [-0.05, 0) is 6.92 Å². The van der Waals surface area contributed by atoms with Gasteiger partial charge in [0.25, 0.3) is 0 Å². The molecule has 1 heterocycles. The standard InChI is InChI=1S/C12H21N3O4/c1-10(2)7-19-8-11(17)13-3-4-14-5-6-15(9-16)12(14)18/h16H,1,3-9H2,2H3,(H,13,17). The molecule has 0 aromatic heterocycles. The topological polar surface area (TPSA) is 82.1 Å². The summed E-state index contributed by atoms with van der Waals surface area (Å²) >= 11 is 0. The first-order chi connectivity index (χ1) is 9.04. The molecule has 3 amide bonds. The Balaban J connectivity index is 2.12. The van der Waals surface area contributed by atoms with Crippen molar-refractivity contribution in [3.8, 4) is 0 Å². The molecule has 1 aliphatic heterocycles. The van der Waals surface area contributed by atoms with Crippen molar-refractivity contribution < 1.29 is 19.4 Å². The second kappa shape index (κ2) is 7.75. The van der Waals surface area contributed by atoms with Gasteiger partial charge < -0.3 is 20.1 Å². The van der Waals surface area contributed by atoms with E-state index in [9.17, 15) is 9.59 Å². The molecule has 0 unspecified atom stereocenters.